The molecule has 1 aromatic carbocycles. The molecule has 4 nitrogen and oxygen atoms in total. The van der Waals surface area contributed by atoms with Gasteiger partial charge in [0.15, 0.2) is 0 Å². The Morgan fingerprint density at radius 3 is 2.95 bits per heavy atom. The largest absolute Gasteiger partial charge is 0.478 e. The summed E-state index contributed by atoms with van der Waals surface area (Å²) in [4.78, 5) is 15.3. The number of benzene rings is 1. The lowest BCUT2D eigenvalue weighted by Crippen LogP contribution is -2.11. The lowest BCUT2D eigenvalue weighted by atomic mass is 10.1. The normalized spacial score (nSPS) is 10.4. The van der Waals surface area contributed by atoms with E-state index in [4.69, 9.17) is 5.11 Å². The summed E-state index contributed by atoms with van der Waals surface area (Å²) >= 11 is 1.55. The second-order valence-electron chi connectivity index (χ2n) is 4.00. The lowest BCUT2D eigenvalue weighted by molar-refractivity contribution is 0.0697. The first kappa shape index (κ1) is 13.5. The van der Waals surface area contributed by atoms with E-state index in [2.05, 4.69) is 10.3 Å². The molecule has 1 heterocycles. The van der Waals surface area contributed by atoms with Gasteiger partial charge in [-0.05, 0) is 19.1 Å². The number of hydrogen-bond donors (Lipinski definition) is 2. The Morgan fingerprint density at radius 1 is 1.53 bits per heavy atom. The maximum Gasteiger partial charge on any atom is 0.337 e. The molecule has 2 aromatic rings. The van der Waals surface area contributed by atoms with Gasteiger partial charge in [-0.2, -0.15) is 0 Å². The van der Waals surface area contributed by atoms with E-state index in [-0.39, 0.29) is 11.3 Å². The Morgan fingerprint density at radius 2 is 2.32 bits per heavy atom. The van der Waals surface area contributed by atoms with Crippen molar-refractivity contribution in [3.05, 3.63) is 45.7 Å². The van der Waals surface area contributed by atoms with Gasteiger partial charge in [-0.15, -0.1) is 11.3 Å². The second kappa shape index (κ2) is 5.79. The molecule has 0 aliphatic heterocycles. The van der Waals surface area contributed by atoms with Crippen molar-refractivity contribution in [2.45, 2.75) is 13.3 Å². The van der Waals surface area contributed by atoms with Crippen molar-refractivity contribution in [3.8, 4) is 0 Å². The highest BCUT2D eigenvalue weighted by atomic mass is 32.1. The summed E-state index contributed by atoms with van der Waals surface area (Å²) in [6.07, 6.45) is 0.623. The van der Waals surface area contributed by atoms with Gasteiger partial charge >= 0.3 is 5.97 Å². The maximum atomic E-state index is 13.6. The molecule has 0 atom stereocenters. The number of carboxylic acids is 1. The minimum atomic E-state index is -1.15. The van der Waals surface area contributed by atoms with E-state index in [1.807, 2.05) is 12.3 Å². The van der Waals surface area contributed by atoms with E-state index >= 15 is 0 Å². The first-order chi connectivity index (χ1) is 9.08. The van der Waals surface area contributed by atoms with Crippen LogP contribution in [0, 0.1) is 12.7 Å². The summed E-state index contributed by atoms with van der Waals surface area (Å²) in [5, 5.41) is 14.7. The number of nitrogens with zero attached hydrogens (tertiary/aromatic N) is 1. The van der Waals surface area contributed by atoms with Gasteiger partial charge in [0.25, 0.3) is 0 Å². The number of para-hydroxylation sites is 1. The molecule has 0 bridgehead atoms. The molecule has 1 aromatic heterocycles. The Bertz CT molecular complexity index is 598. The SMILES string of the molecule is Cc1nc(CCNc2c(F)cccc2C(=O)O)cs1. The Labute approximate surface area is 113 Å². The standard InChI is InChI=1S/C13H13FN2O2S/c1-8-16-9(7-19-8)5-6-15-12-10(13(17)18)3-2-4-11(12)14/h2-4,7,15H,5-6H2,1H3,(H,17,18). The van der Waals surface area contributed by atoms with Crippen LogP contribution in [0.1, 0.15) is 21.1 Å². The van der Waals surface area contributed by atoms with Crippen LogP contribution < -0.4 is 5.32 Å². The van der Waals surface area contributed by atoms with Gasteiger partial charge in [0.2, 0.25) is 0 Å². The van der Waals surface area contributed by atoms with Crippen molar-refractivity contribution < 1.29 is 14.3 Å². The Kier molecular flexibility index (Phi) is 4.11. The van der Waals surface area contributed by atoms with Crippen LogP contribution in [0.4, 0.5) is 10.1 Å². The third-order valence-corrected chi connectivity index (χ3v) is 3.42. The van der Waals surface area contributed by atoms with Crippen LogP contribution in [-0.2, 0) is 6.42 Å². The fraction of sp³-hybridized carbons (Fsp3) is 0.231. The number of thiazole rings is 1. The molecule has 0 spiro atoms. The van der Waals surface area contributed by atoms with Crippen molar-refractivity contribution in [2.24, 2.45) is 0 Å². The number of halogens is 1. The zero-order valence-corrected chi connectivity index (χ0v) is 11.1. The molecule has 0 fully saturated rings. The second-order valence-corrected chi connectivity index (χ2v) is 5.06. The van der Waals surface area contributed by atoms with E-state index in [0.717, 1.165) is 10.7 Å². The van der Waals surface area contributed by atoms with Gasteiger partial charge in [-0.3, -0.25) is 0 Å². The number of carbonyl (C=O) groups is 1. The van der Waals surface area contributed by atoms with Crippen LogP contribution in [0.3, 0.4) is 0 Å². The summed E-state index contributed by atoms with van der Waals surface area (Å²) in [6.45, 7) is 2.35. The van der Waals surface area contributed by atoms with Gasteiger partial charge in [-0.1, -0.05) is 6.07 Å². The number of aromatic carboxylic acids is 1. The van der Waals surface area contributed by atoms with E-state index in [1.165, 1.54) is 18.2 Å². The number of hydrogen-bond acceptors (Lipinski definition) is 4. The van der Waals surface area contributed by atoms with Gasteiger partial charge < -0.3 is 10.4 Å². The first-order valence-corrected chi connectivity index (χ1v) is 6.62. The van der Waals surface area contributed by atoms with E-state index < -0.39 is 11.8 Å². The van der Waals surface area contributed by atoms with Crippen molar-refractivity contribution in [1.29, 1.82) is 0 Å². The molecule has 0 unspecified atom stereocenters. The van der Waals surface area contributed by atoms with E-state index in [1.54, 1.807) is 11.3 Å². The summed E-state index contributed by atoms with van der Waals surface area (Å²) < 4.78 is 13.6. The van der Waals surface area contributed by atoms with Crippen molar-refractivity contribution >= 4 is 23.0 Å². The summed E-state index contributed by atoms with van der Waals surface area (Å²) in [7, 11) is 0. The van der Waals surface area contributed by atoms with Gasteiger partial charge in [-0.25, -0.2) is 14.2 Å². The van der Waals surface area contributed by atoms with Crippen LogP contribution in [0.5, 0.6) is 0 Å². The molecule has 0 saturated carbocycles. The molecule has 0 saturated heterocycles. The predicted molar refractivity (Wildman–Crippen MR) is 72.4 cm³/mol. The predicted octanol–water partition coefficient (Wildman–Crippen LogP) is 2.94. The molecule has 0 aliphatic carbocycles. The number of anilines is 1. The van der Waals surface area contributed by atoms with Gasteiger partial charge in [0, 0.05) is 18.3 Å². The molecule has 0 radical (unpaired) electrons. The van der Waals surface area contributed by atoms with Crippen molar-refractivity contribution in [3.63, 3.8) is 0 Å². The van der Waals surface area contributed by atoms with E-state index in [0.29, 0.717) is 13.0 Å². The monoisotopic (exact) mass is 280 g/mol. The minimum absolute atomic E-state index is 0.0296. The Hall–Kier alpha value is -1.95. The van der Waals surface area contributed by atoms with Crippen LogP contribution in [0.25, 0.3) is 0 Å². The number of aromatic nitrogens is 1. The minimum Gasteiger partial charge on any atom is -0.478 e. The average molecular weight is 280 g/mol. The fourth-order valence-electron chi connectivity index (χ4n) is 1.72. The fourth-order valence-corrected chi connectivity index (χ4v) is 2.37. The third kappa shape index (κ3) is 3.29. The van der Waals surface area contributed by atoms with Gasteiger partial charge in [0.05, 0.1) is 22.0 Å². The zero-order valence-electron chi connectivity index (χ0n) is 10.3. The summed E-state index contributed by atoms with van der Waals surface area (Å²) in [5.41, 5.74) is 0.889. The highest BCUT2D eigenvalue weighted by molar-refractivity contribution is 7.09. The van der Waals surface area contributed by atoms with Crippen LogP contribution in [-0.4, -0.2) is 22.6 Å². The smallest absolute Gasteiger partial charge is 0.337 e. The van der Waals surface area contributed by atoms with Crippen molar-refractivity contribution in [2.75, 3.05) is 11.9 Å². The third-order valence-electron chi connectivity index (χ3n) is 2.59. The number of carboxylic acid groups (broad SMARTS) is 1. The number of rotatable bonds is 5. The Balaban J connectivity index is 2.05. The highest BCUT2D eigenvalue weighted by Gasteiger charge is 2.13. The highest BCUT2D eigenvalue weighted by Crippen LogP contribution is 2.20. The van der Waals surface area contributed by atoms with Crippen LogP contribution in [0.2, 0.25) is 0 Å². The van der Waals surface area contributed by atoms with Crippen LogP contribution >= 0.6 is 11.3 Å². The number of aryl methyl sites for hydroxylation is 1. The molecule has 0 aliphatic rings. The molecular formula is C13H13FN2O2S. The average Bonchev–Trinajstić information content (AvgIpc) is 2.77. The van der Waals surface area contributed by atoms with Crippen molar-refractivity contribution in [1.82, 2.24) is 4.98 Å². The molecule has 0 amide bonds. The lowest BCUT2D eigenvalue weighted by Gasteiger charge is -2.09. The molecule has 19 heavy (non-hydrogen) atoms. The topological polar surface area (TPSA) is 62.2 Å². The maximum absolute atomic E-state index is 13.6. The summed E-state index contributed by atoms with van der Waals surface area (Å²) in [5.74, 6) is -1.71. The van der Waals surface area contributed by atoms with Gasteiger partial charge in [0.1, 0.15) is 5.82 Å². The molecule has 2 N–H and O–H groups in total. The van der Waals surface area contributed by atoms with Crippen LogP contribution in [0.15, 0.2) is 23.6 Å². The summed E-state index contributed by atoms with van der Waals surface area (Å²) in [6, 6.07) is 4.00. The molecule has 100 valence electrons. The molecule has 2 rings (SSSR count). The number of nitrogens with one attached hydrogen (secondary N) is 1. The van der Waals surface area contributed by atoms with E-state index in [9.17, 15) is 9.18 Å². The molecular weight excluding hydrogens is 267 g/mol. The molecule has 6 heteroatoms. The first-order valence-electron chi connectivity index (χ1n) is 5.74. The quantitative estimate of drug-likeness (QED) is 0.884. The zero-order chi connectivity index (χ0) is 13.8.